The molecule has 4 heterocycles. The summed E-state index contributed by atoms with van der Waals surface area (Å²) in [7, 11) is 0. The molecule has 7 nitrogen and oxygen atoms in total. The molecule has 4 aromatic rings. The smallest absolute Gasteiger partial charge is 0.232 e. The highest BCUT2D eigenvalue weighted by Crippen LogP contribution is 2.37. The summed E-state index contributed by atoms with van der Waals surface area (Å²) < 4.78 is 7.64. The van der Waals surface area contributed by atoms with Gasteiger partial charge in [-0.3, -0.25) is 9.67 Å². The summed E-state index contributed by atoms with van der Waals surface area (Å²) in [4.78, 5) is 13.6. The lowest BCUT2D eigenvalue weighted by Gasteiger charge is -2.08. The monoisotopic (exact) mass is 372 g/mol. The van der Waals surface area contributed by atoms with E-state index in [4.69, 9.17) is 15.6 Å². The Morgan fingerprint density at radius 3 is 2.93 bits per heavy atom. The van der Waals surface area contributed by atoms with E-state index in [0.717, 1.165) is 52.9 Å². The SMILES string of the molecule is NCCOc1cnc2ccc(-c3c(-c4ccccn4)nn4c3CCC4)cc2n1. The maximum Gasteiger partial charge on any atom is 0.232 e. The molecular weight excluding hydrogens is 352 g/mol. The van der Waals surface area contributed by atoms with Crippen LogP contribution in [0.15, 0.2) is 48.8 Å². The zero-order chi connectivity index (χ0) is 18.9. The first-order chi connectivity index (χ1) is 13.8. The summed E-state index contributed by atoms with van der Waals surface area (Å²) in [5.74, 6) is 0.486. The van der Waals surface area contributed by atoms with E-state index in [1.165, 1.54) is 5.69 Å². The quantitative estimate of drug-likeness (QED) is 0.579. The van der Waals surface area contributed by atoms with Crippen LogP contribution in [0.25, 0.3) is 33.5 Å². The highest BCUT2D eigenvalue weighted by Gasteiger charge is 2.24. The van der Waals surface area contributed by atoms with Gasteiger partial charge >= 0.3 is 0 Å². The third-order valence-electron chi connectivity index (χ3n) is 4.93. The van der Waals surface area contributed by atoms with E-state index in [9.17, 15) is 0 Å². The lowest BCUT2D eigenvalue weighted by Crippen LogP contribution is -2.11. The van der Waals surface area contributed by atoms with Crippen molar-refractivity contribution in [1.82, 2.24) is 24.7 Å². The number of rotatable bonds is 5. The van der Waals surface area contributed by atoms with Gasteiger partial charge in [0, 0.05) is 30.5 Å². The van der Waals surface area contributed by atoms with Crippen LogP contribution in [-0.4, -0.2) is 37.9 Å². The molecule has 1 aromatic carbocycles. The third-order valence-corrected chi connectivity index (χ3v) is 4.93. The molecule has 2 N–H and O–H groups in total. The van der Waals surface area contributed by atoms with Gasteiger partial charge in [-0.05, 0) is 42.7 Å². The molecule has 0 saturated heterocycles. The maximum absolute atomic E-state index is 5.54. The number of hydrogen-bond acceptors (Lipinski definition) is 6. The Hall–Kier alpha value is -3.32. The first kappa shape index (κ1) is 16.8. The molecule has 0 bridgehead atoms. The van der Waals surface area contributed by atoms with Crippen LogP contribution in [0.5, 0.6) is 5.88 Å². The lowest BCUT2D eigenvalue weighted by atomic mass is 9.99. The molecule has 1 aliphatic rings. The Kier molecular flexibility index (Phi) is 4.21. The molecule has 0 amide bonds. The van der Waals surface area contributed by atoms with E-state index in [2.05, 4.69) is 31.8 Å². The van der Waals surface area contributed by atoms with Gasteiger partial charge < -0.3 is 10.5 Å². The van der Waals surface area contributed by atoms with E-state index >= 15 is 0 Å². The van der Waals surface area contributed by atoms with Crippen LogP contribution in [0, 0.1) is 0 Å². The highest BCUT2D eigenvalue weighted by atomic mass is 16.5. The zero-order valence-electron chi connectivity index (χ0n) is 15.4. The van der Waals surface area contributed by atoms with Crippen molar-refractivity contribution in [1.29, 1.82) is 0 Å². The van der Waals surface area contributed by atoms with Gasteiger partial charge in [0.15, 0.2) is 0 Å². The molecule has 0 radical (unpaired) electrons. The standard InChI is InChI=1S/C21H20N6O/c22-8-11-28-19-13-24-15-7-6-14(12-17(15)25-19)20-18-5-3-10-27(18)26-21(20)16-4-1-2-9-23-16/h1-2,4,6-7,9,12-13H,3,5,8,10-11,22H2. The number of nitrogens with two attached hydrogens (primary N) is 1. The minimum atomic E-state index is 0.417. The number of ether oxygens (including phenoxy) is 1. The van der Waals surface area contributed by atoms with E-state index < -0.39 is 0 Å². The molecule has 0 atom stereocenters. The molecule has 7 heteroatoms. The molecule has 28 heavy (non-hydrogen) atoms. The predicted octanol–water partition coefficient (Wildman–Crippen LogP) is 2.84. The van der Waals surface area contributed by atoms with E-state index in [0.29, 0.717) is 19.0 Å². The Morgan fingerprint density at radius 1 is 1.11 bits per heavy atom. The zero-order valence-corrected chi connectivity index (χ0v) is 15.4. The average molecular weight is 372 g/mol. The van der Waals surface area contributed by atoms with E-state index in [1.807, 2.05) is 24.3 Å². The van der Waals surface area contributed by atoms with Crippen LogP contribution < -0.4 is 10.5 Å². The van der Waals surface area contributed by atoms with Gasteiger partial charge in [0.1, 0.15) is 12.3 Å². The largest absolute Gasteiger partial charge is 0.475 e. The van der Waals surface area contributed by atoms with Crippen LogP contribution in [0.2, 0.25) is 0 Å². The minimum absolute atomic E-state index is 0.417. The van der Waals surface area contributed by atoms with Gasteiger partial charge in [-0.2, -0.15) is 5.10 Å². The van der Waals surface area contributed by atoms with Crippen molar-refractivity contribution in [3.63, 3.8) is 0 Å². The maximum atomic E-state index is 5.54. The second-order valence-corrected chi connectivity index (χ2v) is 6.76. The molecule has 0 aliphatic carbocycles. The summed E-state index contributed by atoms with van der Waals surface area (Å²) >= 11 is 0. The molecule has 0 spiro atoms. The first-order valence-corrected chi connectivity index (χ1v) is 9.44. The van der Waals surface area contributed by atoms with Crippen molar-refractivity contribution in [2.45, 2.75) is 19.4 Å². The van der Waals surface area contributed by atoms with Gasteiger partial charge in [0.05, 0.1) is 22.9 Å². The molecule has 3 aromatic heterocycles. The Balaban J connectivity index is 1.65. The molecule has 140 valence electrons. The molecular formula is C21H20N6O. The number of hydrogen-bond donors (Lipinski definition) is 1. The number of nitrogens with zero attached hydrogens (tertiary/aromatic N) is 5. The molecule has 1 aliphatic heterocycles. The summed E-state index contributed by atoms with van der Waals surface area (Å²) in [6.45, 7) is 1.80. The lowest BCUT2D eigenvalue weighted by molar-refractivity contribution is 0.315. The fourth-order valence-corrected chi connectivity index (χ4v) is 3.70. The van der Waals surface area contributed by atoms with Crippen molar-refractivity contribution in [2.24, 2.45) is 5.73 Å². The molecule has 5 rings (SSSR count). The first-order valence-electron chi connectivity index (χ1n) is 9.44. The third kappa shape index (κ3) is 2.90. The van der Waals surface area contributed by atoms with Crippen LogP contribution in [0.1, 0.15) is 12.1 Å². The number of pyridine rings is 1. The molecule has 0 unspecified atom stereocenters. The number of benzene rings is 1. The molecule has 0 saturated carbocycles. The van der Waals surface area contributed by atoms with E-state index in [1.54, 1.807) is 12.4 Å². The average Bonchev–Trinajstić information content (AvgIpc) is 3.33. The second kappa shape index (κ2) is 7.01. The van der Waals surface area contributed by atoms with Gasteiger partial charge in [0.2, 0.25) is 5.88 Å². The Morgan fingerprint density at radius 2 is 2.07 bits per heavy atom. The van der Waals surface area contributed by atoms with Gasteiger partial charge in [0.25, 0.3) is 0 Å². The number of aryl methyl sites for hydroxylation is 1. The normalized spacial score (nSPS) is 13.0. The van der Waals surface area contributed by atoms with Crippen molar-refractivity contribution in [3.8, 4) is 28.4 Å². The molecule has 0 fully saturated rings. The summed E-state index contributed by atoms with van der Waals surface area (Å²) in [6, 6.07) is 12.0. The van der Waals surface area contributed by atoms with Gasteiger partial charge in [-0.15, -0.1) is 0 Å². The number of aromatic nitrogens is 5. The van der Waals surface area contributed by atoms with Crippen LogP contribution in [-0.2, 0) is 13.0 Å². The van der Waals surface area contributed by atoms with Gasteiger partial charge in [-0.1, -0.05) is 12.1 Å². The Bertz CT molecular complexity index is 1140. The van der Waals surface area contributed by atoms with Crippen molar-refractivity contribution in [2.75, 3.05) is 13.2 Å². The summed E-state index contributed by atoms with van der Waals surface area (Å²) in [6.07, 6.45) is 5.56. The van der Waals surface area contributed by atoms with Crippen molar-refractivity contribution in [3.05, 3.63) is 54.5 Å². The van der Waals surface area contributed by atoms with Gasteiger partial charge in [-0.25, -0.2) is 9.97 Å². The number of fused-ring (bicyclic) bond motifs is 2. The van der Waals surface area contributed by atoms with Crippen molar-refractivity contribution >= 4 is 11.0 Å². The minimum Gasteiger partial charge on any atom is -0.475 e. The van der Waals surface area contributed by atoms with Crippen molar-refractivity contribution < 1.29 is 4.74 Å². The van der Waals surface area contributed by atoms with E-state index in [-0.39, 0.29) is 0 Å². The summed E-state index contributed by atoms with van der Waals surface area (Å²) in [5.41, 5.74) is 12.4. The predicted molar refractivity (Wildman–Crippen MR) is 107 cm³/mol. The van der Waals surface area contributed by atoms with Crippen LogP contribution in [0.3, 0.4) is 0 Å². The van der Waals surface area contributed by atoms with Crippen LogP contribution >= 0.6 is 0 Å². The topological polar surface area (TPSA) is 91.7 Å². The fourth-order valence-electron chi connectivity index (χ4n) is 3.70. The summed E-state index contributed by atoms with van der Waals surface area (Å²) in [5, 5.41) is 4.86. The fraction of sp³-hybridized carbons (Fsp3) is 0.238. The Labute approximate surface area is 162 Å². The van der Waals surface area contributed by atoms with Crippen LogP contribution in [0.4, 0.5) is 0 Å². The highest BCUT2D eigenvalue weighted by molar-refractivity contribution is 5.87. The second-order valence-electron chi connectivity index (χ2n) is 6.76.